The van der Waals surface area contributed by atoms with Crippen LogP contribution in [-0.2, 0) is 0 Å². The fourth-order valence-corrected chi connectivity index (χ4v) is 3.74. The minimum absolute atomic E-state index is 0.118. The van der Waals surface area contributed by atoms with Crippen LogP contribution >= 0.6 is 0 Å². The summed E-state index contributed by atoms with van der Waals surface area (Å²) in [5, 5.41) is 0. The van der Waals surface area contributed by atoms with Crippen LogP contribution in [0.4, 0.5) is 0 Å². The van der Waals surface area contributed by atoms with Crippen LogP contribution in [0.2, 0.25) is 0 Å². The number of amides is 2. The van der Waals surface area contributed by atoms with Crippen molar-refractivity contribution in [3.63, 3.8) is 0 Å². The fourth-order valence-electron chi connectivity index (χ4n) is 3.74. The minimum Gasteiger partial charge on any atom is -0.274 e. The van der Waals surface area contributed by atoms with Crippen LogP contribution in [0.5, 0.6) is 0 Å². The molecule has 3 heteroatoms. The number of nitrogens with zero attached hydrogens (tertiary/aromatic N) is 1. The predicted molar refractivity (Wildman–Crippen MR) is 70.7 cm³/mol. The van der Waals surface area contributed by atoms with Gasteiger partial charge in [0.05, 0.1) is 11.1 Å². The first kappa shape index (κ1) is 11.0. The smallest absolute Gasteiger partial charge is 0.261 e. The maximum atomic E-state index is 12.3. The van der Waals surface area contributed by atoms with Gasteiger partial charge < -0.3 is 0 Å². The standard InChI is InChI=1S/C16H15NO2/c18-15-13-3-1-2-4-14(13)16(19)17(15)9-12-8-10-5-6-11(12)7-10/h1-6,10-12H,7-9H2/t10-,11+,12-/m1/s1. The first-order valence-electron chi connectivity index (χ1n) is 6.87. The van der Waals surface area contributed by atoms with E-state index in [1.807, 2.05) is 12.1 Å². The van der Waals surface area contributed by atoms with Gasteiger partial charge in [0, 0.05) is 6.54 Å². The van der Waals surface area contributed by atoms with Crippen molar-refractivity contribution in [2.45, 2.75) is 12.8 Å². The van der Waals surface area contributed by atoms with Gasteiger partial charge in [0.25, 0.3) is 11.8 Å². The molecule has 96 valence electrons. The summed E-state index contributed by atoms with van der Waals surface area (Å²) in [6.45, 7) is 0.581. The Hall–Kier alpha value is -1.90. The molecule has 19 heavy (non-hydrogen) atoms. The van der Waals surface area contributed by atoms with Crippen molar-refractivity contribution in [1.29, 1.82) is 0 Å². The van der Waals surface area contributed by atoms with E-state index in [2.05, 4.69) is 12.2 Å². The topological polar surface area (TPSA) is 37.4 Å². The van der Waals surface area contributed by atoms with E-state index in [1.165, 1.54) is 11.3 Å². The third kappa shape index (κ3) is 1.51. The molecule has 1 saturated carbocycles. The molecule has 0 N–H and O–H groups in total. The zero-order valence-corrected chi connectivity index (χ0v) is 10.6. The Bertz CT molecular complexity index is 570. The van der Waals surface area contributed by atoms with Gasteiger partial charge in [0.2, 0.25) is 0 Å². The minimum atomic E-state index is -0.118. The molecule has 1 heterocycles. The van der Waals surface area contributed by atoms with E-state index >= 15 is 0 Å². The summed E-state index contributed by atoms with van der Waals surface area (Å²) in [4.78, 5) is 26.0. The van der Waals surface area contributed by atoms with E-state index < -0.39 is 0 Å². The van der Waals surface area contributed by atoms with Gasteiger partial charge >= 0.3 is 0 Å². The summed E-state index contributed by atoms with van der Waals surface area (Å²) < 4.78 is 0. The van der Waals surface area contributed by atoms with E-state index in [9.17, 15) is 9.59 Å². The number of hydrogen-bond acceptors (Lipinski definition) is 2. The van der Waals surface area contributed by atoms with Crippen LogP contribution in [0.1, 0.15) is 33.6 Å². The van der Waals surface area contributed by atoms with Crippen molar-refractivity contribution in [1.82, 2.24) is 4.90 Å². The van der Waals surface area contributed by atoms with Crippen LogP contribution in [0.3, 0.4) is 0 Å². The lowest BCUT2D eigenvalue weighted by molar-refractivity contribution is 0.0621. The van der Waals surface area contributed by atoms with E-state index in [4.69, 9.17) is 0 Å². The lowest BCUT2D eigenvalue weighted by atomic mass is 9.93. The lowest BCUT2D eigenvalue weighted by Crippen LogP contribution is -2.35. The van der Waals surface area contributed by atoms with Crippen molar-refractivity contribution in [2.75, 3.05) is 6.54 Å². The highest BCUT2D eigenvalue weighted by molar-refractivity contribution is 6.21. The van der Waals surface area contributed by atoms with Gasteiger partial charge in [0.15, 0.2) is 0 Å². The molecule has 4 rings (SSSR count). The summed E-state index contributed by atoms with van der Waals surface area (Å²) >= 11 is 0. The number of hydrogen-bond donors (Lipinski definition) is 0. The molecule has 3 aliphatic rings. The van der Waals surface area contributed by atoms with Crippen molar-refractivity contribution >= 4 is 11.8 Å². The predicted octanol–water partition coefficient (Wildman–Crippen LogP) is 2.49. The van der Waals surface area contributed by atoms with E-state index in [0.29, 0.717) is 35.4 Å². The van der Waals surface area contributed by atoms with E-state index in [1.54, 1.807) is 12.1 Å². The van der Waals surface area contributed by atoms with Gasteiger partial charge in [-0.15, -0.1) is 0 Å². The number of fused-ring (bicyclic) bond motifs is 3. The van der Waals surface area contributed by atoms with Gasteiger partial charge in [0.1, 0.15) is 0 Å². The van der Waals surface area contributed by atoms with Gasteiger partial charge in [-0.3, -0.25) is 14.5 Å². The Kier molecular flexibility index (Phi) is 2.19. The maximum Gasteiger partial charge on any atom is 0.261 e. The molecule has 3 nitrogen and oxygen atoms in total. The second kappa shape index (κ2) is 3.80. The Morgan fingerprint density at radius 3 is 2.21 bits per heavy atom. The molecule has 1 aromatic rings. The number of benzene rings is 1. The molecule has 1 fully saturated rings. The van der Waals surface area contributed by atoms with Crippen LogP contribution in [-0.4, -0.2) is 23.3 Å². The zero-order chi connectivity index (χ0) is 13.0. The van der Waals surface area contributed by atoms with Gasteiger partial charge in [-0.2, -0.15) is 0 Å². The Morgan fingerprint density at radius 2 is 1.68 bits per heavy atom. The highest BCUT2D eigenvalue weighted by Gasteiger charge is 2.41. The summed E-state index contributed by atoms with van der Waals surface area (Å²) in [5.74, 6) is 1.46. The zero-order valence-electron chi connectivity index (χ0n) is 10.6. The first-order valence-corrected chi connectivity index (χ1v) is 6.87. The average molecular weight is 253 g/mol. The molecule has 0 saturated heterocycles. The molecule has 2 aliphatic carbocycles. The molecule has 2 bridgehead atoms. The number of allylic oxidation sites excluding steroid dienone is 2. The molecule has 0 radical (unpaired) electrons. The van der Waals surface area contributed by atoms with Crippen molar-refractivity contribution in [2.24, 2.45) is 17.8 Å². The largest absolute Gasteiger partial charge is 0.274 e. The van der Waals surface area contributed by atoms with E-state index in [0.717, 1.165) is 6.42 Å². The van der Waals surface area contributed by atoms with Crippen LogP contribution in [0.15, 0.2) is 36.4 Å². The molecule has 3 atom stereocenters. The van der Waals surface area contributed by atoms with Crippen molar-refractivity contribution < 1.29 is 9.59 Å². The van der Waals surface area contributed by atoms with Gasteiger partial charge in [-0.05, 0) is 42.7 Å². The molecule has 0 unspecified atom stereocenters. The number of imide groups is 1. The third-order valence-corrected chi connectivity index (χ3v) is 4.71. The molecule has 1 aromatic carbocycles. The second-order valence-corrected chi connectivity index (χ2v) is 5.81. The summed E-state index contributed by atoms with van der Waals surface area (Å²) in [7, 11) is 0. The Labute approximate surface area is 111 Å². The Morgan fingerprint density at radius 1 is 1.00 bits per heavy atom. The molecule has 1 aliphatic heterocycles. The summed E-state index contributed by atoms with van der Waals surface area (Å²) in [5.41, 5.74) is 1.12. The molecule has 0 spiro atoms. The normalized spacial score (nSPS) is 31.4. The number of carbonyl (C=O) groups is 2. The molecule has 0 aromatic heterocycles. The highest BCUT2D eigenvalue weighted by Crippen LogP contribution is 2.44. The molecular weight excluding hydrogens is 238 g/mol. The highest BCUT2D eigenvalue weighted by atomic mass is 16.2. The fraction of sp³-hybridized carbons (Fsp3) is 0.375. The second-order valence-electron chi connectivity index (χ2n) is 5.81. The third-order valence-electron chi connectivity index (χ3n) is 4.71. The van der Waals surface area contributed by atoms with Gasteiger partial charge in [-0.1, -0.05) is 24.3 Å². The number of rotatable bonds is 2. The Balaban J connectivity index is 1.59. The lowest BCUT2D eigenvalue weighted by Gasteiger charge is -2.23. The van der Waals surface area contributed by atoms with Crippen LogP contribution in [0.25, 0.3) is 0 Å². The first-order chi connectivity index (χ1) is 9.24. The van der Waals surface area contributed by atoms with Crippen LogP contribution in [0, 0.1) is 17.8 Å². The van der Waals surface area contributed by atoms with Gasteiger partial charge in [-0.25, -0.2) is 0 Å². The summed E-state index contributed by atoms with van der Waals surface area (Å²) in [6.07, 6.45) is 6.86. The maximum absolute atomic E-state index is 12.3. The monoisotopic (exact) mass is 253 g/mol. The van der Waals surface area contributed by atoms with Crippen molar-refractivity contribution in [3.8, 4) is 0 Å². The van der Waals surface area contributed by atoms with Crippen LogP contribution < -0.4 is 0 Å². The summed E-state index contributed by atoms with van der Waals surface area (Å²) in [6, 6.07) is 7.12. The van der Waals surface area contributed by atoms with E-state index in [-0.39, 0.29) is 11.8 Å². The molecule has 2 amide bonds. The quantitative estimate of drug-likeness (QED) is 0.600. The molecular formula is C16H15NO2. The van der Waals surface area contributed by atoms with Crippen molar-refractivity contribution in [3.05, 3.63) is 47.5 Å². The SMILES string of the molecule is O=C1c2ccccc2C(=O)N1C[C@H]1C[C@@H]2C=C[C@H]1C2. The average Bonchev–Trinajstić information content (AvgIpc) is 3.10. The number of carbonyl (C=O) groups excluding carboxylic acids is 2.